The standard InChI is InChI=1S/C17H27NO/c1-14(18-16-7-5-3-4-6-8-16)13-15-9-11-17(19-2)12-10-15/h9-12,14,16,18H,3-8,13H2,1-2H3/p+1/t14-/m1/s1. The monoisotopic (exact) mass is 262 g/mol. The van der Waals surface area contributed by atoms with Crippen molar-refractivity contribution in [2.45, 2.75) is 64.0 Å². The van der Waals surface area contributed by atoms with Gasteiger partial charge in [0, 0.05) is 6.42 Å². The van der Waals surface area contributed by atoms with Gasteiger partial charge in [-0.3, -0.25) is 0 Å². The second kappa shape index (κ2) is 7.54. The number of rotatable bonds is 5. The Morgan fingerprint density at radius 2 is 1.74 bits per heavy atom. The van der Waals surface area contributed by atoms with Crippen molar-refractivity contribution in [3.05, 3.63) is 29.8 Å². The third kappa shape index (κ3) is 4.87. The van der Waals surface area contributed by atoms with Crippen molar-refractivity contribution in [2.75, 3.05) is 7.11 Å². The van der Waals surface area contributed by atoms with Crippen molar-refractivity contribution < 1.29 is 10.1 Å². The molecule has 0 spiro atoms. The summed E-state index contributed by atoms with van der Waals surface area (Å²) < 4.78 is 5.20. The van der Waals surface area contributed by atoms with E-state index >= 15 is 0 Å². The van der Waals surface area contributed by atoms with Crippen molar-refractivity contribution in [3.8, 4) is 5.75 Å². The molecular weight excluding hydrogens is 234 g/mol. The Bertz CT molecular complexity index is 352. The molecule has 2 rings (SSSR count). The molecule has 2 nitrogen and oxygen atoms in total. The lowest BCUT2D eigenvalue weighted by atomic mass is 10.0. The number of ether oxygens (including phenoxy) is 1. The minimum Gasteiger partial charge on any atom is -0.497 e. The third-order valence-corrected chi connectivity index (χ3v) is 4.22. The molecule has 1 aliphatic rings. The molecule has 106 valence electrons. The van der Waals surface area contributed by atoms with Gasteiger partial charge in [0.15, 0.2) is 0 Å². The van der Waals surface area contributed by atoms with Gasteiger partial charge >= 0.3 is 0 Å². The molecule has 0 saturated heterocycles. The maximum atomic E-state index is 5.20. The number of benzene rings is 1. The summed E-state index contributed by atoms with van der Waals surface area (Å²) >= 11 is 0. The maximum absolute atomic E-state index is 5.20. The average Bonchev–Trinajstić information content (AvgIpc) is 2.68. The molecule has 0 bridgehead atoms. The van der Waals surface area contributed by atoms with Crippen LogP contribution < -0.4 is 10.1 Å². The molecule has 1 aliphatic carbocycles. The summed E-state index contributed by atoms with van der Waals surface area (Å²) in [5.41, 5.74) is 1.41. The van der Waals surface area contributed by atoms with Crippen LogP contribution in [0.2, 0.25) is 0 Å². The van der Waals surface area contributed by atoms with E-state index in [1.807, 2.05) is 0 Å². The quantitative estimate of drug-likeness (QED) is 0.811. The first-order valence-electron chi connectivity index (χ1n) is 7.76. The topological polar surface area (TPSA) is 25.8 Å². The highest BCUT2D eigenvalue weighted by atomic mass is 16.5. The van der Waals surface area contributed by atoms with Gasteiger partial charge in [0.05, 0.1) is 19.2 Å². The van der Waals surface area contributed by atoms with Crippen LogP contribution in [0.4, 0.5) is 0 Å². The van der Waals surface area contributed by atoms with E-state index in [0.29, 0.717) is 6.04 Å². The minimum atomic E-state index is 0.677. The number of methoxy groups -OCH3 is 1. The lowest BCUT2D eigenvalue weighted by Gasteiger charge is -2.18. The molecule has 0 radical (unpaired) electrons. The SMILES string of the molecule is COc1ccc(C[C@@H](C)[NH2+]C2CCCCCC2)cc1. The Morgan fingerprint density at radius 1 is 1.11 bits per heavy atom. The molecule has 1 saturated carbocycles. The van der Waals surface area contributed by atoms with Crippen LogP contribution in [0.3, 0.4) is 0 Å². The Kier molecular flexibility index (Phi) is 5.71. The normalized spacial score (nSPS) is 18.8. The molecule has 2 heteroatoms. The molecule has 0 amide bonds. The number of hydrogen-bond acceptors (Lipinski definition) is 1. The fraction of sp³-hybridized carbons (Fsp3) is 0.647. The van der Waals surface area contributed by atoms with E-state index in [-0.39, 0.29) is 0 Å². The zero-order chi connectivity index (χ0) is 13.5. The Labute approximate surface area is 117 Å². The van der Waals surface area contributed by atoms with E-state index in [4.69, 9.17) is 4.74 Å². The van der Waals surface area contributed by atoms with Gasteiger partial charge in [-0.1, -0.05) is 25.0 Å². The molecule has 1 fully saturated rings. The van der Waals surface area contributed by atoms with Gasteiger partial charge in [0.25, 0.3) is 0 Å². The van der Waals surface area contributed by atoms with Crippen LogP contribution in [0.5, 0.6) is 5.75 Å². The van der Waals surface area contributed by atoms with Gasteiger partial charge in [-0.25, -0.2) is 0 Å². The summed E-state index contributed by atoms with van der Waals surface area (Å²) in [5, 5.41) is 2.61. The van der Waals surface area contributed by atoms with E-state index in [1.54, 1.807) is 7.11 Å². The second-order valence-corrected chi connectivity index (χ2v) is 5.97. The van der Waals surface area contributed by atoms with Crippen molar-refractivity contribution >= 4 is 0 Å². The molecule has 1 aromatic rings. The first-order chi connectivity index (χ1) is 9.28. The maximum Gasteiger partial charge on any atom is 0.118 e. The van der Waals surface area contributed by atoms with E-state index < -0.39 is 0 Å². The van der Waals surface area contributed by atoms with Crippen LogP contribution in [0.25, 0.3) is 0 Å². The van der Waals surface area contributed by atoms with Gasteiger partial charge in [-0.15, -0.1) is 0 Å². The van der Waals surface area contributed by atoms with Crippen LogP contribution in [0, 0.1) is 0 Å². The highest BCUT2D eigenvalue weighted by Gasteiger charge is 2.18. The summed E-state index contributed by atoms with van der Waals surface area (Å²) in [6.07, 6.45) is 9.71. The number of hydrogen-bond donors (Lipinski definition) is 1. The van der Waals surface area contributed by atoms with Gasteiger partial charge in [0.1, 0.15) is 5.75 Å². The van der Waals surface area contributed by atoms with Gasteiger partial charge in [0.2, 0.25) is 0 Å². The fourth-order valence-corrected chi connectivity index (χ4v) is 3.17. The predicted molar refractivity (Wildman–Crippen MR) is 79.6 cm³/mol. The van der Waals surface area contributed by atoms with Crippen LogP contribution in [0.1, 0.15) is 51.0 Å². The highest BCUT2D eigenvalue weighted by Crippen LogP contribution is 2.15. The Morgan fingerprint density at radius 3 is 2.32 bits per heavy atom. The molecule has 0 aromatic heterocycles. The molecule has 1 aromatic carbocycles. The zero-order valence-electron chi connectivity index (χ0n) is 12.4. The van der Waals surface area contributed by atoms with Crippen LogP contribution in [0.15, 0.2) is 24.3 Å². The predicted octanol–water partition coefficient (Wildman–Crippen LogP) is 2.91. The molecule has 1 atom stereocenters. The zero-order valence-corrected chi connectivity index (χ0v) is 12.4. The van der Waals surface area contributed by atoms with Gasteiger partial charge in [-0.2, -0.15) is 0 Å². The van der Waals surface area contributed by atoms with Crippen LogP contribution >= 0.6 is 0 Å². The third-order valence-electron chi connectivity index (χ3n) is 4.22. The van der Waals surface area contributed by atoms with Crippen molar-refractivity contribution in [1.82, 2.24) is 0 Å². The van der Waals surface area contributed by atoms with Gasteiger partial charge in [-0.05, 0) is 50.3 Å². The molecule has 0 aliphatic heterocycles. The van der Waals surface area contributed by atoms with E-state index in [1.165, 1.54) is 44.1 Å². The van der Waals surface area contributed by atoms with E-state index in [9.17, 15) is 0 Å². The number of nitrogens with two attached hydrogens (primary N) is 1. The second-order valence-electron chi connectivity index (χ2n) is 5.97. The minimum absolute atomic E-state index is 0.677. The molecule has 2 N–H and O–H groups in total. The Hall–Kier alpha value is -1.02. The first kappa shape index (κ1) is 14.4. The number of quaternary nitrogens is 1. The molecule has 0 unspecified atom stereocenters. The van der Waals surface area contributed by atoms with E-state index in [0.717, 1.165) is 18.2 Å². The Balaban J connectivity index is 1.80. The lowest BCUT2D eigenvalue weighted by Crippen LogP contribution is -2.94. The summed E-state index contributed by atoms with van der Waals surface area (Å²) in [7, 11) is 1.72. The van der Waals surface area contributed by atoms with Crippen LogP contribution in [-0.2, 0) is 6.42 Å². The molecule has 19 heavy (non-hydrogen) atoms. The highest BCUT2D eigenvalue weighted by molar-refractivity contribution is 5.27. The largest absolute Gasteiger partial charge is 0.497 e. The summed E-state index contributed by atoms with van der Waals surface area (Å²) in [6, 6.07) is 10.0. The van der Waals surface area contributed by atoms with Crippen molar-refractivity contribution in [1.29, 1.82) is 0 Å². The first-order valence-corrected chi connectivity index (χ1v) is 7.76. The van der Waals surface area contributed by atoms with Gasteiger partial charge < -0.3 is 10.1 Å². The summed E-state index contributed by atoms with van der Waals surface area (Å²) in [6.45, 7) is 2.36. The summed E-state index contributed by atoms with van der Waals surface area (Å²) in [4.78, 5) is 0. The smallest absolute Gasteiger partial charge is 0.118 e. The van der Waals surface area contributed by atoms with E-state index in [2.05, 4.69) is 36.5 Å². The van der Waals surface area contributed by atoms with Crippen molar-refractivity contribution in [3.63, 3.8) is 0 Å². The fourth-order valence-electron chi connectivity index (χ4n) is 3.17. The van der Waals surface area contributed by atoms with Crippen LogP contribution in [-0.4, -0.2) is 19.2 Å². The molecule has 0 heterocycles. The average molecular weight is 262 g/mol. The summed E-state index contributed by atoms with van der Waals surface area (Å²) in [5.74, 6) is 0.948. The lowest BCUT2D eigenvalue weighted by molar-refractivity contribution is -0.719. The molecular formula is C17H28NO+. The van der Waals surface area contributed by atoms with Crippen molar-refractivity contribution in [2.24, 2.45) is 0 Å².